The maximum absolute atomic E-state index is 12.3. The van der Waals surface area contributed by atoms with Crippen LogP contribution in [0.5, 0.6) is 11.5 Å². The Morgan fingerprint density at radius 1 is 1.32 bits per heavy atom. The van der Waals surface area contributed by atoms with Crippen LogP contribution in [-0.4, -0.2) is 19.3 Å². The van der Waals surface area contributed by atoms with Gasteiger partial charge in [0.15, 0.2) is 11.5 Å². The topological polar surface area (TPSA) is 30.5 Å². The predicted molar refractivity (Wildman–Crippen MR) is 73.9 cm³/mol. The maximum atomic E-state index is 12.3. The lowest BCUT2D eigenvalue weighted by atomic mass is 10.1. The number of hydrogen-bond acceptors (Lipinski definition) is 3. The maximum Gasteiger partial charge on any atom is 0.387 e. The molecule has 0 saturated heterocycles. The molecule has 0 amide bonds. The highest BCUT2D eigenvalue weighted by molar-refractivity contribution is 9.10. The molecule has 108 valence electrons. The Bertz CT molecular complexity index is 433. The van der Waals surface area contributed by atoms with Gasteiger partial charge in [-0.25, -0.2) is 0 Å². The van der Waals surface area contributed by atoms with E-state index in [1.54, 1.807) is 12.1 Å². The molecule has 0 fully saturated rings. The number of halogens is 3. The van der Waals surface area contributed by atoms with Gasteiger partial charge in [-0.05, 0) is 54.4 Å². The van der Waals surface area contributed by atoms with E-state index in [-0.39, 0.29) is 17.0 Å². The molecule has 0 unspecified atom stereocenters. The van der Waals surface area contributed by atoms with Crippen LogP contribution in [0.25, 0.3) is 0 Å². The molecule has 0 aliphatic rings. The summed E-state index contributed by atoms with van der Waals surface area (Å²) in [5.74, 6) is 0.289. The van der Waals surface area contributed by atoms with Crippen LogP contribution in [0.2, 0.25) is 0 Å². The van der Waals surface area contributed by atoms with E-state index >= 15 is 0 Å². The molecular weight excluding hydrogens is 320 g/mol. The number of nitrogens with one attached hydrogen (secondary N) is 1. The van der Waals surface area contributed by atoms with Crippen molar-refractivity contribution in [3.8, 4) is 11.5 Å². The first-order valence-electron chi connectivity index (χ1n) is 5.79. The number of rotatable bonds is 5. The summed E-state index contributed by atoms with van der Waals surface area (Å²) in [5.41, 5.74) is 0.887. The highest BCUT2D eigenvalue weighted by atomic mass is 79.9. The predicted octanol–water partition coefficient (Wildman–Crippen LogP) is 3.95. The van der Waals surface area contributed by atoms with E-state index in [1.165, 1.54) is 7.11 Å². The Morgan fingerprint density at radius 3 is 2.42 bits per heavy atom. The molecule has 1 N–H and O–H groups in total. The van der Waals surface area contributed by atoms with Crippen LogP contribution in [0.15, 0.2) is 16.6 Å². The van der Waals surface area contributed by atoms with Gasteiger partial charge < -0.3 is 14.8 Å². The third kappa shape index (κ3) is 5.32. The molecule has 0 heterocycles. The minimum absolute atomic E-state index is 0.0111. The van der Waals surface area contributed by atoms with Crippen LogP contribution in [0.4, 0.5) is 8.78 Å². The molecular formula is C13H18BrF2NO2. The summed E-state index contributed by atoms with van der Waals surface area (Å²) < 4.78 is 34.6. The molecule has 19 heavy (non-hydrogen) atoms. The fourth-order valence-corrected chi connectivity index (χ4v) is 2.03. The third-order valence-electron chi connectivity index (χ3n) is 2.32. The van der Waals surface area contributed by atoms with Crippen LogP contribution >= 0.6 is 15.9 Å². The van der Waals surface area contributed by atoms with Gasteiger partial charge in [0, 0.05) is 12.1 Å². The first-order valence-corrected chi connectivity index (χ1v) is 6.58. The Morgan fingerprint density at radius 2 is 1.95 bits per heavy atom. The quantitative estimate of drug-likeness (QED) is 0.882. The van der Waals surface area contributed by atoms with Gasteiger partial charge in [0.25, 0.3) is 0 Å². The summed E-state index contributed by atoms with van der Waals surface area (Å²) in [7, 11) is 1.42. The van der Waals surface area contributed by atoms with Crippen molar-refractivity contribution in [2.45, 2.75) is 39.5 Å². The lowest BCUT2D eigenvalue weighted by Crippen LogP contribution is -2.35. The Kier molecular flexibility index (Phi) is 5.55. The Labute approximate surface area is 120 Å². The smallest absolute Gasteiger partial charge is 0.387 e. The largest absolute Gasteiger partial charge is 0.493 e. The summed E-state index contributed by atoms with van der Waals surface area (Å²) in [6.45, 7) is 3.87. The highest BCUT2D eigenvalue weighted by Gasteiger charge is 2.16. The van der Waals surface area contributed by atoms with Crippen molar-refractivity contribution in [3.63, 3.8) is 0 Å². The molecule has 0 aliphatic carbocycles. The third-order valence-corrected chi connectivity index (χ3v) is 2.91. The van der Waals surface area contributed by atoms with Crippen LogP contribution < -0.4 is 14.8 Å². The number of hydrogen-bond donors (Lipinski definition) is 1. The van der Waals surface area contributed by atoms with E-state index in [2.05, 4.69) is 26.0 Å². The van der Waals surface area contributed by atoms with Crippen molar-refractivity contribution in [2.75, 3.05) is 7.11 Å². The summed E-state index contributed by atoms with van der Waals surface area (Å²) in [5, 5.41) is 3.31. The second-order valence-electron chi connectivity index (χ2n) is 5.09. The van der Waals surface area contributed by atoms with E-state index in [1.807, 2.05) is 20.8 Å². The van der Waals surface area contributed by atoms with Gasteiger partial charge in [-0.2, -0.15) is 8.78 Å². The molecule has 0 aliphatic heterocycles. The summed E-state index contributed by atoms with van der Waals surface area (Å²) >= 11 is 3.22. The second kappa shape index (κ2) is 6.52. The lowest BCUT2D eigenvalue weighted by molar-refractivity contribution is -0.0517. The number of ether oxygens (including phenoxy) is 2. The van der Waals surface area contributed by atoms with Gasteiger partial charge in [-0.15, -0.1) is 0 Å². The van der Waals surface area contributed by atoms with Gasteiger partial charge in [0.2, 0.25) is 0 Å². The molecule has 0 bridgehead atoms. The highest BCUT2D eigenvalue weighted by Crippen LogP contribution is 2.37. The van der Waals surface area contributed by atoms with Crippen molar-refractivity contribution < 1.29 is 18.3 Å². The molecule has 1 rings (SSSR count). The van der Waals surface area contributed by atoms with E-state index in [0.717, 1.165) is 5.56 Å². The first-order chi connectivity index (χ1) is 8.73. The summed E-state index contributed by atoms with van der Waals surface area (Å²) in [6, 6.07) is 3.42. The van der Waals surface area contributed by atoms with Gasteiger partial charge >= 0.3 is 6.61 Å². The molecule has 0 atom stereocenters. The van der Waals surface area contributed by atoms with E-state index in [4.69, 9.17) is 4.74 Å². The zero-order chi connectivity index (χ0) is 14.6. The van der Waals surface area contributed by atoms with Crippen LogP contribution in [-0.2, 0) is 6.54 Å². The number of benzene rings is 1. The molecule has 0 saturated carbocycles. The van der Waals surface area contributed by atoms with Gasteiger partial charge in [-0.3, -0.25) is 0 Å². The van der Waals surface area contributed by atoms with Crippen molar-refractivity contribution in [1.29, 1.82) is 0 Å². The van der Waals surface area contributed by atoms with Crippen molar-refractivity contribution >= 4 is 15.9 Å². The molecule has 0 aromatic heterocycles. The van der Waals surface area contributed by atoms with E-state index in [0.29, 0.717) is 11.0 Å². The van der Waals surface area contributed by atoms with Crippen molar-refractivity contribution in [2.24, 2.45) is 0 Å². The molecule has 1 aromatic carbocycles. The van der Waals surface area contributed by atoms with E-state index in [9.17, 15) is 8.78 Å². The van der Waals surface area contributed by atoms with E-state index < -0.39 is 6.61 Å². The average Bonchev–Trinajstić information content (AvgIpc) is 2.28. The van der Waals surface area contributed by atoms with Crippen LogP contribution in [0.3, 0.4) is 0 Å². The van der Waals surface area contributed by atoms with Gasteiger partial charge in [0.1, 0.15) is 0 Å². The molecule has 1 aromatic rings. The zero-order valence-electron chi connectivity index (χ0n) is 11.4. The molecule has 0 radical (unpaired) electrons. The molecule has 0 spiro atoms. The normalized spacial score (nSPS) is 11.8. The Balaban J connectivity index is 2.95. The zero-order valence-corrected chi connectivity index (χ0v) is 13.0. The van der Waals surface area contributed by atoms with Crippen molar-refractivity contribution in [1.82, 2.24) is 5.32 Å². The average molecular weight is 338 g/mol. The molecule has 3 nitrogen and oxygen atoms in total. The fraction of sp³-hybridized carbons (Fsp3) is 0.538. The monoisotopic (exact) mass is 337 g/mol. The summed E-state index contributed by atoms with van der Waals surface area (Å²) in [4.78, 5) is 0. The fourth-order valence-electron chi connectivity index (χ4n) is 1.45. The molecule has 6 heteroatoms. The minimum Gasteiger partial charge on any atom is -0.493 e. The number of methoxy groups -OCH3 is 1. The number of alkyl halides is 2. The van der Waals surface area contributed by atoms with Gasteiger partial charge in [-0.1, -0.05) is 0 Å². The van der Waals surface area contributed by atoms with Crippen LogP contribution in [0.1, 0.15) is 26.3 Å². The second-order valence-corrected chi connectivity index (χ2v) is 5.95. The van der Waals surface area contributed by atoms with Crippen molar-refractivity contribution in [3.05, 3.63) is 22.2 Å². The summed E-state index contributed by atoms with van der Waals surface area (Å²) in [6.07, 6.45) is 0. The lowest BCUT2D eigenvalue weighted by Gasteiger charge is -2.21. The minimum atomic E-state index is -2.89. The Hall–Kier alpha value is -0.880. The first kappa shape index (κ1) is 16.2. The standard InChI is InChI=1S/C13H18BrF2NO2/c1-13(2,3)17-7-8-5-9(14)11(19-12(15)16)10(6-8)18-4/h5-6,12,17H,7H2,1-4H3. The SMILES string of the molecule is COc1cc(CNC(C)(C)C)cc(Br)c1OC(F)F. The van der Waals surface area contributed by atoms with Gasteiger partial charge in [0.05, 0.1) is 11.6 Å². The van der Waals surface area contributed by atoms with Crippen LogP contribution in [0, 0.1) is 0 Å².